The predicted molar refractivity (Wildman–Crippen MR) is 141 cm³/mol. The number of carbonyl (C=O) groups is 1. The molecule has 0 saturated carbocycles. The zero-order valence-corrected chi connectivity index (χ0v) is 22.2. The molecule has 1 amide bonds. The maximum Gasteiger partial charge on any atom is 0.272 e. The van der Waals surface area contributed by atoms with E-state index in [1.807, 2.05) is 45.0 Å². The van der Waals surface area contributed by atoms with Crippen LogP contribution in [0.5, 0.6) is 0 Å². The largest absolute Gasteiger partial charge is 0.348 e. The van der Waals surface area contributed by atoms with Crippen molar-refractivity contribution in [1.29, 1.82) is 0 Å². The van der Waals surface area contributed by atoms with E-state index in [2.05, 4.69) is 24.3 Å². The highest BCUT2D eigenvalue weighted by Gasteiger charge is 2.24. The highest BCUT2D eigenvalue weighted by atomic mass is 35.5. The molecular weight excluding hydrogens is 477 g/mol. The number of nitrogens with zero attached hydrogens (tertiary/aromatic N) is 2. The molecule has 1 unspecified atom stereocenters. The number of amides is 1. The zero-order chi connectivity index (χ0) is 24.5. The van der Waals surface area contributed by atoms with Gasteiger partial charge >= 0.3 is 0 Å². The molecule has 0 saturated heterocycles. The Balaban J connectivity index is 0.00000187. The van der Waals surface area contributed by atoms with Crippen molar-refractivity contribution in [3.05, 3.63) is 68.8 Å². The fraction of sp³-hybridized carbons (Fsp3) is 0.385. The van der Waals surface area contributed by atoms with Crippen LogP contribution in [0.3, 0.4) is 0 Å². The van der Waals surface area contributed by atoms with Crippen molar-refractivity contribution >= 4 is 40.7 Å². The van der Waals surface area contributed by atoms with E-state index in [4.69, 9.17) is 34.8 Å². The molecule has 0 aliphatic rings. The molecule has 0 bridgehead atoms. The number of halogens is 3. The van der Waals surface area contributed by atoms with Crippen molar-refractivity contribution < 1.29 is 4.79 Å². The number of carbonyl (C=O) groups excluding carboxylic acids is 1. The lowest BCUT2D eigenvalue weighted by Crippen LogP contribution is -2.35. The Labute approximate surface area is 212 Å². The van der Waals surface area contributed by atoms with Crippen LogP contribution in [0, 0.1) is 6.92 Å². The second-order valence-electron chi connectivity index (χ2n) is 7.56. The van der Waals surface area contributed by atoms with E-state index in [0.717, 1.165) is 42.5 Å². The highest BCUT2D eigenvalue weighted by Crippen LogP contribution is 2.33. The number of hydrogen-bond donors (Lipinski definition) is 1. The van der Waals surface area contributed by atoms with E-state index < -0.39 is 0 Å². The van der Waals surface area contributed by atoms with Gasteiger partial charge in [-0.25, -0.2) is 4.68 Å². The van der Waals surface area contributed by atoms with Gasteiger partial charge in [-0.05, 0) is 50.1 Å². The van der Waals surface area contributed by atoms with Crippen LogP contribution in [0.15, 0.2) is 42.5 Å². The van der Waals surface area contributed by atoms with E-state index in [1.165, 1.54) is 0 Å². The van der Waals surface area contributed by atoms with Crippen molar-refractivity contribution in [3.8, 4) is 16.9 Å². The van der Waals surface area contributed by atoms with E-state index in [9.17, 15) is 4.79 Å². The third-order valence-corrected chi connectivity index (χ3v) is 6.12. The summed E-state index contributed by atoms with van der Waals surface area (Å²) in [7, 11) is 0. The van der Waals surface area contributed by atoms with Gasteiger partial charge in [0.15, 0.2) is 5.69 Å². The Morgan fingerprint density at radius 2 is 1.67 bits per heavy atom. The second kappa shape index (κ2) is 13.0. The van der Waals surface area contributed by atoms with Gasteiger partial charge < -0.3 is 5.32 Å². The topological polar surface area (TPSA) is 46.9 Å². The summed E-state index contributed by atoms with van der Waals surface area (Å²) in [4.78, 5) is 13.2. The first-order valence-corrected chi connectivity index (χ1v) is 12.6. The molecule has 0 aliphatic heterocycles. The lowest BCUT2D eigenvalue weighted by Gasteiger charge is -2.16. The van der Waals surface area contributed by atoms with E-state index in [-0.39, 0.29) is 11.9 Å². The molecule has 3 rings (SSSR count). The lowest BCUT2D eigenvalue weighted by molar-refractivity contribution is 0.0927. The van der Waals surface area contributed by atoms with Gasteiger partial charge in [0.2, 0.25) is 0 Å². The Kier molecular flexibility index (Phi) is 10.7. The van der Waals surface area contributed by atoms with Crippen molar-refractivity contribution in [2.24, 2.45) is 0 Å². The van der Waals surface area contributed by atoms with Crippen LogP contribution in [0.1, 0.15) is 69.4 Å². The normalized spacial score (nSPS) is 11.5. The van der Waals surface area contributed by atoms with E-state index in [0.29, 0.717) is 26.4 Å². The second-order valence-corrected chi connectivity index (χ2v) is 8.84. The summed E-state index contributed by atoms with van der Waals surface area (Å²) in [6, 6.07) is 12.8. The van der Waals surface area contributed by atoms with Crippen molar-refractivity contribution in [1.82, 2.24) is 15.1 Å². The maximum absolute atomic E-state index is 13.2. The van der Waals surface area contributed by atoms with Crippen LogP contribution >= 0.6 is 34.8 Å². The average molecular weight is 509 g/mol. The minimum Gasteiger partial charge on any atom is -0.348 e. The number of aromatic nitrogens is 2. The molecule has 33 heavy (non-hydrogen) atoms. The first-order chi connectivity index (χ1) is 15.8. The van der Waals surface area contributed by atoms with Crippen molar-refractivity contribution in [2.75, 3.05) is 0 Å². The summed E-state index contributed by atoms with van der Waals surface area (Å²) in [5.41, 5.74) is 3.48. The third kappa shape index (κ3) is 6.75. The van der Waals surface area contributed by atoms with Gasteiger partial charge in [-0.15, -0.1) is 0 Å². The SMILES string of the molecule is CC.CCCCC(CC)NC(=O)c1nn(-c2ccc(Cl)cc2Cl)c(-c2ccc(Cl)cc2)c1C. The molecule has 0 aliphatic carbocycles. The van der Waals surface area contributed by atoms with Gasteiger partial charge in [-0.3, -0.25) is 4.79 Å². The molecular formula is C26H32Cl3N3O. The summed E-state index contributed by atoms with van der Waals surface area (Å²) in [6.45, 7) is 10.1. The standard InChI is InChI=1S/C24H26Cl3N3O.C2H6/c1-4-6-7-19(5-2)28-24(31)22-15(3)23(16-8-10-17(25)11-9-16)30(29-22)21-13-12-18(26)14-20(21)27;1-2/h8-14,19H,4-7H2,1-3H3,(H,28,31);1-2H3. The minimum atomic E-state index is -0.181. The van der Waals surface area contributed by atoms with Crippen LogP contribution in [-0.2, 0) is 0 Å². The van der Waals surface area contributed by atoms with E-state index in [1.54, 1.807) is 22.9 Å². The van der Waals surface area contributed by atoms with Crippen LogP contribution in [0.25, 0.3) is 16.9 Å². The smallest absolute Gasteiger partial charge is 0.272 e. The molecule has 3 aromatic rings. The maximum atomic E-state index is 13.2. The number of hydrogen-bond acceptors (Lipinski definition) is 2. The first-order valence-electron chi connectivity index (χ1n) is 11.5. The van der Waals surface area contributed by atoms with Gasteiger partial charge in [0.05, 0.1) is 16.4 Å². The Morgan fingerprint density at radius 3 is 2.24 bits per heavy atom. The summed E-state index contributed by atoms with van der Waals surface area (Å²) < 4.78 is 1.71. The summed E-state index contributed by atoms with van der Waals surface area (Å²) in [5, 5.41) is 9.44. The number of nitrogens with one attached hydrogen (secondary N) is 1. The lowest BCUT2D eigenvalue weighted by atomic mass is 10.0. The highest BCUT2D eigenvalue weighted by molar-refractivity contribution is 6.35. The van der Waals surface area contributed by atoms with Gasteiger partial charge in [0.25, 0.3) is 5.91 Å². The summed E-state index contributed by atoms with van der Waals surface area (Å²) >= 11 is 18.7. The zero-order valence-electron chi connectivity index (χ0n) is 19.9. The molecule has 178 valence electrons. The molecule has 1 heterocycles. The molecule has 0 radical (unpaired) electrons. The summed E-state index contributed by atoms with van der Waals surface area (Å²) in [5.74, 6) is -0.181. The molecule has 7 heteroatoms. The Bertz CT molecular complexity index is 1060. The average Bonchev–Trinajstić information content (AvgIpc) is 3.15. The number of rotatable bonds is 8. The van der Waals surface area contributed by atoms with Crippen molar-refractivity contribution in [3.63, 3.8) is 0 Å². The van der Waals surface area contributed by atoms with Crippen LogP contribution in [0.2, 0.25) is 15.1 Å². The first kappa shape index (κ1) is 27.2. The van der Waals surface area contributed by atoms with Crippen LogP contribution in [0.4, 0.5) is 0 Å². The molecule has 4 nitrogen and oxygen atoms in total. The minimum absolute atomic E-state index is 0.120. The molecule has 0 fully saturated rings. The fourth-order valence-corrected chi connectivity index (χ4v) is 4.18. The molecule has 1 atom stereocenters. The van der Waals surface area contributed by atoms with Gasteiger partial charge in [-0.2, -0.15) is 5.10 Å². The van der Waals surface area contributed by atoms with E-state index >= 15 is 0 Å². The number of benzene rings is 2. The van der Waals surface area contributed by atoms with Gasteiger partial charge in [0, 0.05) is 27.2 Å². The molecule has 1 N–H and O–H groups in total. The quantitative estimate of drug-likeness (QED) is 0.331. The summed E-state index contributed by atoms with van der Waals surface area (Å²) in [6.07, 6.45) is 3.99. The van der Waals surface area contributed by atoms with Gasteiger partial charge in [-0.1, -0.05) is 87.5 Å². The monoisotopic (exact) mass is 507 g/mol. The molecule has 0 spiro atoms. The van der Waals surface area contributed by atoms with Crippen LogP contribution < -0.4 is 5.32 Å². The predicted octanol–water partition coefficient (Wildman–Crippen LogP) is 8.53. The van der Waals surface area contributed by atoms with Crippen molar-refractivity contribution in [2.45, 2.75) is 66.3 Å². The fourth-order valence-electron chi connectivity index (χ4n) is 3.57. The molecule has 2 aromatic carbocycles. The Hall–Kier alpha value is -2.01. The third-order valence-electron chi connectivity index (χ3n) is 5.33. The van der Waals surface area contributed by atoms with Gasteiger partial charge in [0.1, 0.15) is 0 Å². The Morgan fingerprint density at radius 1 is 1.03 bits per heavy atom. The number of unbranched alkanes of at least 4 members (excludes halogenated alkanes) is 1. The molecule has 1 aromatic heterocycles. The van der Waals surface area contributed by atoms with Crippen LogP contribution in [-0.4, -0.2) is 21.7 Å².